The van der Waals surface area contributed by atoms with Crippen LogP contribution in [0.25, 0.3) is 0 Å². The molecule has 0 aliphatic rings. The van der Waals surface area contributed by atoms with Gasteiger partial charge in [-0.15, -0.1) is 0 Å². The lowest BCUT2D eigenvalue weighted by Gasteiger charge is -2.04. The fourth-order valence-corrected chi connectivity index (χ4v) is 0.671. The van der Waals surface area contributed by atoms with Gasteiger partial charge in [-0.25, -0.2) is 0 Å². The zero-order valence-electron chi connectivity index (χ0n) is 10.6. The van der Waals surface area contributed by atoms with Crippen molar-refractivity contribution in [2.75, 3.05) is 52.9 Å². The first kappa shape index (κ1) is 21.3. The molecule has 0 radical (unpaired) electrons. The number of carbonyl (C=O) groups is 1. The van der Waals surface area contributed by atoms with Gasteiger partial charge in [-0.2, -0.15) is 25.3 Å². The number of aliphatic carboxylic acids is 1. The maximum atomic E-state index is 9.55. The summed E-state index contributed by atoms with van der Waals surface area (Å²) in [6.07, 6.45) is 0. The Labute approximate surface area is 123 Å². The van der Waals surface area contributed by atoms with Gasteiger partial charge in [0.15, 0.2) is 0 Å². The summed E-state index contributed by atoms with van der Waals surface area (Å²) in [5, 5.41) is 24.6. The van der Waals surface area contributed by atoms with E-state index in [0.29, 0.717) is 39.6 Å². The van der Waals surface area contributed by atoms with Crippen molar-refractivity contribution in [3.8, 4) is 0 Å². The van der Waals surface area contributed by atoms with E-state index in [-0.39, 0.29) is 13.2 Å². The Hall–Kier alpha value is -0.0300. The second-order valence-corrected chi connectivity index (χ2v) is 4.44. The molecule has 0 unspecified atom stereocenters. The molecule has 0 aliphatic carbocycles. The summed E-state index contributed by atoms with van der Waals surface area (Å²) >= 11 is 6.92. The Balaban J connectivity index is 0. The Morgan fingerprint density at radius 3 is 1.32 bits per heavy atom. The van der Waals surface area contributed by atoms with Crippen LogP contribution >= 0.6 is 25.3 Å². The fraction of sp³-hybridized carbons (Fsp3) is 0.900. The molecule has 0 heterocycles. The molecule has 0 rings (SSSR count). The smallest absolute Gasteiger partial charge is 0.326 e. The average molecular weight is 318 g/mol. The van der Waals surface area contributed by atoms with Crippen LogP contribution in [0, 0.1) is 0 Å². The highest BCUT2D eigenvalue weighted by atomic mass is 32.2. The minimum Gasteiger partial charge on any atom is -0.480 e. The van der Waals surface area contributed by atoms with Gasteiger partial charge in [0.05, 0.1) is 52.9 Å². The molecule has 0 aromatic rings. The van der Waals surface area contributed by atoms with Gasteiger partial charge in [0.1, 0.15) is 4.58 Å². The van der Waals surface area contributed by atoms with E-state index in [9.17, 15) is 4.79 Å². The Bertz CT molecular complexity index is 183. The second kappa shape index (κ2) is 18.0. The summed E-state index contributed by atoms with van der Waals surface area (Å²) in [5.41, 5.74) is 0. The van der Waals surface area contributed by atoms with Crippen molar-refractivity contribution in [3.63, 3.8) is 0 Å². The van der Waals surface area contributed by atoms with E-state index in [2.05, 4.69) is 25.3 Å². The van der Waals surface area contributed by atoms with Crippen molar-refractivity contribution < 1.29 is 34.3 Å². The van der Waals surface area contributed by atoms with Gasteiger partial charge < -0.3 is 29.5 Å². The van der Waals surface area contributed by atoms with Gasteiger partial charge in [0.2, 0.25) is 0 Å². The van der Waals surface area contributed by atoms with E-state index in [1.54, 1.807) is 0 Å². The predicted molar refractivity (Wildman–Crippen MR) is 76.0 cm³/mol. The maximum Gasteiger partial charge on any atom is 0.326 e. The first-order valence-electron chi connectivity index (χ1n) is 5.60. The molecule has 0 amide bonds. The van der Waals surface area contributed by atoms with Crippen LogP contribution in [0.15, 0.2) is 0 Å². The number of aliphatic hydroxyl groups is 2. The molecule has 0 saturated carbocycles. The topological polar surface area (TPSA) is 105 Å². The van der Waals surface area contributed by atoms with Crippen LogP contribution in [-0.2, 0) is 19.0 Å². The first-order chi connectivity index (χ1) is 9.06. The highest BCUT2D eigenvalue weighted by Crippen LogP contribution is 1.96. The third-order valence-corrected chi connectivity index (χ3v) is 1.88. The van der Waals surface area contributed by atoms with E-state index in [0.717, 1.165) is 0 Å². The lowest BCUT2D eigenvalue weighted by molar-refractivity contribution is -0.134. The lowest BCUT2D eigenvalue weighted by atomic mass is 10.7. The molecule has 0 fully saturated rings. The third kappa shape index (κ3) is 23.5. The zero-order valence-corrected chi connectivity index (χ0v) is 12.4. The van der Waals surface area contributed by atoms with Crippen LogP contribution in [-0.4, -0.2) is 78.7 Å². The number of carboxylic acids is 1. The monoisotopic (exact) mass is 318 g/mol. The van der Waals surface area contributed by atoms with Gasteiger partial charge in [0, 0.05) is 0 Å². The van der Waals surface area contributed by atoms with Crippen LogP contribution in [0.5, 0.6) is 0 Å². The van der Waals surface area contributed by atoms with Crippen molar-refractivity contribution >= 4 is 31.2 Å². The van der Waals surface area contributed by atoms with Crippen molar-refractivity contribution in [2.24, 2.45) is 0 Å². The number of hydrogen-bond donors (Lipinski definition) is 5. The van der Waals surface area contributed by atoms with Crippen molar-refractivity contribution in [3.05, 3.63) is 0 Å². The van der Waals surface area contributed by atoms with Gasteiger partial charge in [0.25, 0.3) is 0 Å². The van der Waals surface area contributed by atoms with Crippen LogP contribution in [0.1, 0.15) is 0 Å². The van der Waals surface area contributed by atoms with E-state index in [4.69, 9.17) is 29.5 Å². The molecule has 0 aromatic carbocycles. The summed E-state index contributed by atoms with van der Waals surface area (Å²) in [4.78, 5) is 9.55. The molecule has 0 spiro atoms. The SMILES string of the molecule is O=C(O)C(S)S.OCCOCCOCCOCCO. The molecule has 3 N–H and O–H groups in total. The van der Waals surface area contributed by atoms with Crippen LogP contribution < -0.4 is 0 Å². The maximum absolute atomic E-state index is 9.55. The molecule has 0 bridgehead atoms. The van der Waals surface area contributed by atoms with Crippen LogP contribution in [0.2, 0.25) is 0 Å². The number of rotatable bonds is 11. The van der Waals surface area contributed by atoms with Crippen molar-refractivity contribution in [2.45, 2.75) is 4.58 Å². The van der Waals surface area contributed by atoms with Crippen LogP contribution in [0.3, 0.4) is 0 Å². The molecule has 0 aromatic heterocycles. The Morgan fingerprint density at radius 2 is 1.11 bits per heavy atom. The number of carboxylic acid groups (broad SMARTS) is 1. The largest absolute Gasteiger partial charge is 0.480 e. The molecule has 7 nitrogen and oxygen atoms in total. The van der Waals surface area contributed by atoms with E-state index >= 15 is 0 Å². The van der Waals surface area contributed by atoms with Crippen molar-refractivity contribution in [1.82, 2.24) is 0 Å². The molecule has 0 saturated heterocycles. The van der Waals surface area contributed by atoms with Gasteiger partial charge in [-0.05, 0) is 0 Å². The number of hydrogen-bond acceptors (Lipinski definition) is 8. The molecule has 9 heteroatoms. The third-order valence-electron chi connectivity index (χ3n) is 1.44. The lowest BCUT2D eigenvalue weighted by Crippen LogP contribution is -2.11. The number of ether oxygens (including phenoxy) is 3. The molecule has 116 valence electrons. The summed E-state index contributed by atoms with van der Waals surface area (Å²) in [6.45, 7) is 2.76. The Kier molecular flexibility index (Phi) is 20.1. The summed E-state index contributed by atoms with van der Waals surface area (Å²) in [5.74, 6) is -1.01. The molecular weight excluding hydrogens is 296 g/mol. The molecule has 19 heavy (non-hydrogen) atoms. The highest BCUT2D eigenvalue weighted by Gasteiger charge is 2.01. The number of aliphatic hydroxyl groups excluding tert-OH is 2. The van der Waals surface area contributed by atoms with Gasteiger partial charge in [-0.3, -0.25) is 4.79 Å². The highest BCUT2D eigenvalue weighted by molar-refractivity contribution is 8.00. The van der Waals surface area contributed by atoms with E-state index < -0.39 is 10.6 Å². The zero-order chi connectivity index (χ0) is 14.9. The number of thiol groups is 2. The molecule has 0 atom stereocenters. The Morgan fingerprint density at radius 1 is 0.842 bits per heavy atom. The fourth-order valence-electron chi connectivity index (χ4n) is 0.671. The summed E-state index contributed by atoms with van der Waals surface area (Å²) < 4.78 is 14.2. The standard InChI is InChI=1S/C8H18O5.C2H4O2S2/c9-1-3-11-5-7-13-8-6-12-4-2-10;3-1(4)2(5)6/h9-10H,1-8H2;2,5-6H,(H,3,4). The minimum absolute atomic E-state index is 0.0413. The minimum atomic E-state index is -1.01. The molecule has 0 aliphatic heterocycles. The summed E-state index contributed by atoms with van der Waals surface area (Å²) in [6, 6.07) is 0. The van der Waals surface area contributed by atoms with Crippen molar-refractivity contribution in [1.29, 1.82) is 0 Å². The normalized spacial score (nSPS) is 10.2. The van der Waals surface area contributed by atoms with E-state index in [1.165, 1.54) is 0 Å². The quantitative estimate of drug-likeness (QED) is 0.194. The average Bonchev–Trinajstić information content (AvgIpc) is 2.37. The van der Waals surface area contributed by atoms with Crippen LogP contribution in [0.4, 0.5) is 0 Å². The predicted octanol–water partition coefficient (Wildman–Crippen LogP) is -0.722. The van der Waals surface area contributed by atoms with E-state index in [1.807, 2.05) is 0 Å². The summed E-state index contributed by atoms with van der Waals surface area (Å²) in [7, 11) is 0. The molecular formula is C10H22O7S2. The van der Waals surface area contributed by atoms with Gasteiger partial charge in [-0.1, -0.05) is 0 Å². The first-order valence-corrected chi connectivity index (χ1v) is 6.63. The second-order valence-electron chi connectivity index (χ2n) is 3.00. The van der Waals surface area contributed by atoms with Gasteiger partial charge >= 0.3 is 5.97 Å².